The third-order valence-corrected chi connectivity index (χ3v) is 3.46. The van der Waals surface area contributed by atoms with Gasteiger partial charge < -0.3 is 10.6 Å². The fourth-order valence-corrected chi connectivity index (χ4v) is 2.44. The molecule has 0 aliphatic carbocycles. The Morgan fingerprint density at radius 2 is 2.11 bits per heavy atom. The first-order chi connectivity index (χ1) is 8.72. The summed E-state index contributed by atoms with van der Waals surface area (Å²) in [6.45, 7) is 4.66. The van der Waals surface area contributed by atoms with Crippen molar-refractivity contribution in [1.29, 1.82) is 0 Å². The zero-order valence-electron chi connectivity index (χ0n) is 10.6. The molecule has 2 rings (SSSR count). The van der Waals surface area contributed by atoms with Crippen molar-refractivity contribution in [2.24, 2.45) is 5.92 Å². The number of halogens is 1. The van der Waals surface area contributed by atoms with Gasteiger partial charge >= 0.3 is 0 Å². The lowest BCUT2D eigenvalue weighted by molar-refractivity contribution is 0.0878. The molecule has 4 heteroatoms. The third kappa shape index (κ3) is 2.94. The Labute approximate surface area is 107 Å². The van der Waals surface area contributed by atoms with Crippen LogP contribution in [0.2, 0.25) is 0 Å². The topological polar surface area (TPSA) is 41.1 Å². The number of carbonyl (C=O) groups is 1. The number of hydrogen-bond donors (Lipinski definition) is 2. The molecule has 1 aliphatic rings. The molecule has 1 fully saturated rings. The summed E-state index contributed by atoms with van der Waals surface area (Å²) < 4.78 is 12.9. The molecule has 1 aliphatic heterocycles. The second kappa shape index (κ2) is 6.07. The lowest BCUT2D eigenvalue weighted by Gasteiger charge is -2.30. The highest BCUT2D eigenvalue weighted by Gasteiger charge is 2.28. The van der Waals surface area contributed by atoms with Gasteiger partial charge in [0.2, 0.25) is 0 Å². The quantitative estimate of drug-likeness (QED) is 0.797. The maximum atomic E-state index is 12.9. The van der Waals surface area contributed by atoms with E-state index in [0.29, 0.717) is 5.56 Å². The van der Waals surface area contributed by atoms with Gasteiger partial charge in [0.15, 0.2) is 5.78 Å². The van der Waals surface area contributed by atoms with Crippen LogP contribution in [0.1, 0.15) is 23.7 Å². The minimum atomic E-state index is -0.308. The zero-order valence-corrected chi connectivity index (χ0v) is 10.6. The van der Waals surface area contributed by atoms with Crippen LogP contribution in [0.3, 0.4) is 0 Å². The van der Waals surface area contributed by atoms with Crippen molar-refractivity contribution in [3.8, 4) is 0 Å². The van der Waals surface area contributed by atoms with Crippen LogP contribution >= 0.6 is 0 Å². The van der Waals surface area contributed by atoms with Crippen molar-refractivity contribution < 1.29 is 9.18 Å². The van der Waals surface area contributed by atoms with Gasteiger partial charge in [-0.3, -0.25) is 4.79 Å². The molecule has 18 heavy (non-hydrogen) atoms. The van der Waals surface area contributed by atoms with E-state index in [1.807, 2.05) is 6.92 Å². The lowest BCUT2D eigenvalue weighted by atomic mass is 9.88. The number of piperazine rings is 1. The molecular weight excluding hydrogens is 231 g/mol. The maximum absolute atomic E-state index is 12.9. The number of rotatable bonds is 4. The number of ketones is 1. The van der Waals surface area contributed by atoms with E-state index in [-0.39, 0.29) is 23.6 Å². The largest absolute Gasteiger partial charge is 0.314 e. The Morgan fingerprint density at radius 1 is 1.39 bits per heavy atom. The Bertz CT molecular complexity index is 399. The summed E-state index contributed by atoms with van der Waals surface area (Å²) in [6.07, 6.45) is 0.787. The van der Waals surface area contributed by atoms with Gasteiger partial charge in [0.05, 0.1) is 0 Å². The van der Waals surface area contributed by atoms with Crippen LogP contribution in [0.4, 0.5) is 4.39 Å². The molecule has 3 nitrogen and oxygen atoms in total. The van der Waals surface area contributed by atoms with E-state index in [1.165, 1.54) is 12.1 Å². The summed E-state index contributed by atoms with van der Waals surface area (Å²) in [5, 5.41) is 6.67. The summed E-state index contributed by atoms with van der Waals surface area (Å²) in [7, 11) is 0. The first kappa shape index (κ1) is 13.2. The zero-order chi connectivity index (χ0) is 13.0. The van der Waals surface area contributed by atoms with Crippen molar-refractivity contribution >= 4 is 5.78 Å². The molecule has 1 saturated heterocycles. The summed E-state index contributed by atoms with van der Waals surface area (Å²) in [5.74, 6) is -0.265. The fraction of sp³-hybridized carbons (Fsp3) is 0.500. The summed E-state index contributed by atoms with van der Waals surface area (Å²) in [4.78, 5) is 12.4. The summed E-state index contributed by atoms with van der Waals surface area (Å²) in [5.41, 5.74) is 0.593. The second-order valence-electron chi connectivity index (χ2n) is 4.65. The minimum Gasteiger partial charge on any atom is -0.314 e. The van der Waals surface area contributed by atoms with Crippen molar-refractivity contribution in [1.82, 2.24) is 10.6 Å². The predicted octanol–water partition coefficient (Wildman–Crippen LogP) is 1.60. The van der Waals surface area contributed by atoms with Crippen LogP contribution in [0.5, 0.6) is 0 Å². The van der Waals surface area contributed by atoms with E-state index < -0.39 is 0 Å². The van der Waals surface area contributed by atoms with Crippen molar-refractivity contribution in [2.45, 2.75) is 19.4 Å². The van der Waals surface area contributed by atoms with Gasteiger partial charge in [-0.25, -0.2) is 4.39 Å². The van der Waals surface area contributed by atoms with E-state index >= 15 is 0 Å². The van der Waals surface area contributed by atoms with Crippen LogP contribution in [0, 0.1) is 11.7 Å². The second-order valence-corrected chi connectivity index (χ2v) is 4.65. The first-order valence-electron chi connectivity index (χ1n) is 6.46. The molecule has 0 radical (unpaired) electrons. The van der Waals surface area contributed by atoms with E-state index in [9.17, 15) is 9.18 Å². The van der Waals surface area contributed by atoms with Crippen LogP contribution in [0.25, 0.3) is 0 Å². The van der Waals surface area contributed by atoms with Crippen LogP contribution < -0.4 is 10.6 Å². The highest BCUT2D eigenvalue weighted by atomic mass is 19.1. The average Bonchev–Trinajstić information content (AvgIpc) is 2.41. The molecular formula is C14H19FN2O. The number of Topliss-reactive ketones (excluding diaryl/α,β-unsaturated/α-hetero) is 1. The Hall–Kier alpha value is -1.26. The SMILES string of the molecule is CCC(C(=O)c1ccc(F)cc1)C1CNCCN1. The van der Waals surface area contributed by atoms with Crippen LogP contribution in [0.15, 0.2) is 24.3 Å². The Balaban J connectivity index is 2.11. The molecule has 98 valence electrons. The van der Waals surface area contributed by atoms with Crippen molar-refractivity contribution in [3.05, 3.63) is 35.6 Å². The normalized spacial score (nSPS) is 21.6. The average molecular weight is 250 g/mol. The van der Waals surface area contributed by atoms with E-state index in [2.05, 4.69) is 10.6 Å². The van der Waals surface area contributed by atoms with Gasteiger partial charge in [-0.2, -0.15) is 0 Å². The molecule has 0 saturated carbocycles. The Morgan fingerprint density at radius 3 is 2.67 bits per heavy atom. The van der Waals surface area contributed by atoms with E-state index in [1.54, 1.807) is 12.1 Å². The van der Waals surface area contributed by atoms with E-state index in [4.69, 9.17) is 0 Å². The number of hydrogen-bond acceptors (Lipinski definition) is 3. The highest BCUT2D eigenvalue weighted by molar-refractivity contribution is 5.98. The maximum Gasteiger partial charge on any atom is 0.167 e. The Kier molecular flexibility index (Phi) is 4.44. The third-order valence-electron chi connectivity index (χ3n) is 3.46. The van der Waals surface area contributed by atoms with Gasteiger partial charge in [-0.05, 0) is 30.7 Å². The lowest BCUT2D eigenvalue weighted by Crippen LogP contribution is -2.53. The van der Waals surface area contributed by atoms with Gasteiger partial charge in [0.1, 0.15) is 5.82 Å². The molecule has 1 heterocycles. The molecule has 2 unspecified atom stereocenters. The molecule has 1 aromatic rings. The fourth-order valence-electron chi connectivity index (χ4n) is 2.44. The molecule has 1 aromatic carbocycles. The number of benzene rings is 1. The van der Waals surface area contributed by atoms with E-state index in [0.717, 1.165) is 26.1 Å². The molecule has 0 bridgehead atoms. The minimum absolute atomic E-state index is 0.0525. The van der Waals surface area contributed by atoms with Gasteiger partial charge in [0, 0.05) is 37.2 Å². The summed E-state index contributed by atoms with van der Waals surface area (Å²) >= 11 is 0. The standard InChI is InChI=1S/C14H19FN2O/c1-2-12(13-9-16-7-8-17-13)14(18)10-3-5-11(15)6-4-10/h3-6,12-13,16-17H,2,7-9H2,1H3. The van der Waals surface area contributed by atoms with Crippen molar-refractivity contribution in [2.75, 3.05) is 19.6 Å². The van der Waals surface area contributed by atoms with Crippen LogP contribution in [-0.4, -0.2) is 31.5 Å². The number of carbonyl (C=O) groups excluding carboxylic acids is 1. The smallest absolute Gasteiger partial charge is 0.167 e. The monoisotopic (exact) mass is 250 g/mol. The van der Waals surface area contributed by atoms with Gasteiger partial charge in [0.25, 0.3) is 0 Å². The highest BCUT2D eigenvalue weighted by Crippen LogP contribution is 2.17. The molecule has 0 spiro atoms. The molecule has 0 aromatic heterocycles. The molecule has 2 N–H and O–H groups in total. The molecule has 2 atom stereocenters. The van der Waals surface area contributed by atoms with Crippen molar-refractivity contribution in [3.63, 3.8) is 0 Å². The van der Waals surface area contributed by atoms with Gasteiger partial charge in [-0.1, -0.05) is 6.92 Å². The number of nitrogens with one attached hydrogen (secondary N) is 2. The summed E-state index contributed by atoms with van der Waals surface area (Å²) in [6, 6.07) is 5.98. The van der Waals surface area contributed by atoms with Crippen LogP contribution in [-0.2, 0) is 0 Å². The molecule has 0 amide bonds. The predicted molar refractivity (Wildman–Crippen MR) is 69.2 cm³/mol. The first-order valence-corrected chi connectivity index (χ1v) is 6.46. The van der Waals surface area contributed by atoms with Gasteiger partial charge in [-0.15, -0.1) is 0 Å².